The van der Waals surface area contributed by atoms with Crippen molar-refractivity contribution >= 4 is 15.9 Å². The molecule has 6 nitrogen and oxygen atoms in total. The molecule has 1 aliphatic carbocycles. The van der Waals surface area contributed by atoms with Crippen molar-refractivity contribution < 1.29 is 13.2 Å². The lowest BCUT2D eigenvalue weighted by atomic mass is 10.0. The Kier molecular flexibility index (Phi) is 4.89. The lowest BCUT2D eigenvalue weighted by molar-refractivity contribution is 0.0827. The summed E-state index contributed by atoms with van der Waals surface area (Å²) in [5.41, 5.74) is 5.70. The first-order valence-electron chi connectivity index (χ1n) is 7.35. The van der Waals surface area contributed by atoms with Gasteiger partial charge in [-0.15, -0.1) is 0 Å². The Morgan fingerprint density at radius 1 is 1.23 bits per heavy atom. The monoisotopic (exact) mass is 325 g/mol. The Bertz CT molecular complexity index is 633. The minimum absolute atomic E-state index is 0.155. The number of hydrogen-bond acceptors (Lipinski definition) is 4. The second-order valence-electron chi connectivity index (χ2n) is 6.02. The molecular weight excluding hydrogens is 302 g/mol. The summed E-state index contributed by atoms with van der Waals surface area (Å²) in [6, 6.07) is 5.97. The van der Waals surface area contributed by atoms with Crippen LogP contribution in [0.3, 0.4) is 0 Å². The molecule has 0 aliphatic heterocycles. The van der Waals surface area contributed by atoms with Crippen LogP contribution in [0, 0.1) is 0 Å². The Hall–Kier alpha value is -1.44. The van der Waals surface area contributed by atoms with E-state index in [9.17, 15) is 13.2 Å². The molecule has 0 unspecified atom stereocenters. The van der Waals surface area contributed by atoms with Crippen molar-refractivity contribution in [2.45, 2.75) is 36.1 Å². The molecule has 0 radical (unpaired) electrons. The van der Waals surface area contributed by atoms with Crippen LogP contribution < -0.4 is 10.5 Å². The van der Waals surface area contributed by atoms with E-state index in [-0.39, 0.29) is 10.8 Å². The molecule has 1 amide bonds. The van der Waals surface area contributed by atoms with Gasteiger partial charge in [0.25, 0.3) is 5.91 Å². The fourth-order valence-corrected chi connectivity index (χ4v) is 4.25. The van der Waals surface area contributed by atoms with Gasteiger partial charge in [-0.3, -0.25) is 4.79 Å². The lowest BCUT2D eigenvalue weighted by Gasteiger charge is -2.28. The molecular formula is C15H23N3O3S. The molecule has 7 heteroatoms. The molecule has 22 heavy (non-hydrogen) atoms. The zero-order chi connectivity index (χ0) is 16.4. The van der Waals surface area contributed by atoms with E-state index >= 15 is 0 Å². The van der Waals surface area contributed by atoms with E-state index in [2.05, 4.69) is 4.72 Å². The Balaban J connectivity index is 2.21. The molecule has 1 fully saturated rings. The molecule has 1 saturated carbocycles. The van der Waals surface area contributed by atoms with E-state index in [0.29, 0.717) is 12.1 Å². The highest BCUT2D eigenvalue weighted by molar-refractivity contribution is 7.89. The van der Waals surface area contributed by atoms with Gasteiger partial charge in [-0.1, -0.05) is 12.8 Å². The summed E-state index contributed by atoms with van der Waals surface area (Å²) in [4.78, 5) is 13.4. The van der Waals surface area contributed by atoms with Crippen molar-refractivity contribution in [3.8, 4) is 0 Å². The zero-order valence-corrected chi connectivity index (χ0v) is 13.8. The number of benzene rings is 1. The highest BCUT2D eigenvalue weighted by Crippen LogP contribution is 2.30. The van der Waals surface area contributed by atoms with Gasteiger partial charge in [0.05, 0.1) is 4.90 Å². The summed E-state index contributed by atoms with van der Waals surface area (Å²) >= 11 is 0. The lowest BCUT2D eigenvalue weighted by Crippen LogP contribution is -2.51. The normalized spacial score (nSPS) is 17.4. The van der Waals surface area contributed by atoms with E-state index in [1.165, 1.54) is 29.2 Å². The van der Waals surface area contributed by atoms with Gasteiger partial charge in [-0.05, 0) is 37.1 Å². The zero-order valence-electron chi connectivity index (χ0n) is 13.0. The first-order valence-corrected chi connectivity index (χ1v) is 8.84. The van der Waals surface area contributed by atoms with Crippen molar-refractivity contribution in [1.82, 2.24) is 9.62 Å². The third kappa shape index (κ3) is 3.48. The molecule has 122 valence electrons. The summed E-state index contributed by atoms with van der Waals surface area (Å²) in [6.07, 6.45) is 3.49. The van der Waals surface area contributed by atoms with Crippen molar-refractivity contribution in [3.05, 3.63) is 29.8 Å². The standard InChI is InChI=1S/C15H23N3O3S/c1-18(2)14(19)12-5-7-13(8-6-12)22(20,21)17-15(11-16)9-3-4-10-15/h5-8,17H,3-4,9-11,16H2,1-2H3. The highest BCUT2D eigenvalue weighted by atomic mass is 32.2. The first kappa shape index (κ1) is 16.9. The van der Waals surface area contributed by atoms with Crippen LogP contribution in [0.2, 0.25) is 0 Å². The predicted octanol–water partition coefficient (Wildman–Crippen LogP) is 0.938. The number of carbonyl (C=O) groups excluding carboxylic acids is 1. The SMILES string of the molecule is CN(C)C(=O)c1ccc(S(=O)(=O)NC2(CN)CCCC2)cc1. The number of nitrogens with zero attached hydrogens (tertiary/aromatic N) is 1. The number of rotatable bonds is 5. The van der Waals surface area contributed by atoms with Crippen LogP contribution in [0.4, 0.5) is 0 Å². The van der Waals surface area contributed by atoms with Crippen molar-refractivity contribution in [2.24, 2.45) is 5.73 Å². The number of nitrogens with one attached hydrogen (secondary N) is 1. The van der Waals surface area contributed by atoms with E-state index in [1.54, 1.807) is 14.1 Å². The Morgan fingerprint density at radius 3 is 2.23 bits per heavy atom. The second kappa shape index (κ2) is 6.36. The van der Waals surface area contributed by atoms with Gasteiger partial charge in [0, 0.05) is 31.7 Å². The van der Waals surface area contributed by atoms with Gasteiger partial charge in [0.1, 0.15) is 0 Å². The van der Waals surface area contributed by atoms with Crippen molar-refractivity contribution in [3.63, 3.8) is 0 Å². The number of amides is 1. The van der Waals surface area contributed by atoms with Crippen LogP contribution in [0.1, 0.15) is 36.0 Å². The number of sulfonamides is 1. The fourth-order valence-electron chi connectivity index (χ4n) is 2.78. The molecule has 3 N–H and O–H groups in total. The van der Waals surface area contributed by atoms with Crippen molar-refractivity contribution in [2.75, 3.05) is 20.6 Å². The second-order valence-corrected chi connectivity index (χ2v) is 7.70. The van der Waals surface area contributed by atoms with E-state index in [0.717, 1.165) is 25.7 Å². The third-order valence-electron chi connectivity index (χ3n) is 4.12. The molecule has 0 saturated heterocycles. The maximum absolute atomic E-state index is 12.5. The van der Waals surface area contributed by atoms with E-state index < -0.39 is 15.6 Å². The molecule has 0 heterocycles. The van der Waals surface area contributed by atoms with Gasteiger partial charge in [-0.25, -0.2) is 13.1 Å². The van der Waals surface area contributed by atoms with Gasteiger partial charge < -0.3 is 10.6 Å². The molecule has 0 spiro atoms. The average Bonchev–Trinajstić information content (AvgIpc) is 2.95. The minimum atomic E-state index is -3.63. The Morgan fingerprint density at radius 2 is 1.77 bits per heavy atom. The summed E-state index contributed by atoms with van der Waals surface area (Å²) < 4.78 is 27.8. The number of nitrogens with two attached hydrogens (primary N) is 1. The average molecular weight is 325 g/mol. The molecule has 1 aromatic carbocycles. The number of hydrogen-bond donors (Lipinski definition) is 2. The van der Waals surface area contributed by atoms with Gasteiger partial charge in [-0.2, -0.15) is 0 Å². The third-order valence-corrected chi connectivity index (χ3v) is 5.71. The fraction of sp³-hybridized carbons (Fsp3) is 0.533. The van der Waals surface area contributed by atoms with Crippen LogP contribution in [0.5, 0.6) is 0 Å². The summed E-state index contributed by atoms with van der Waals surface area (Å²) in [7, 11) is -0.327. The van der Waals surface area contributed by atoms with Gasteiger partial charge in [0.15, 0.2) is 0 Å². The van der Waals surface area contributed by atoms with Gasteiger partial charge >= 0.3 is 0 Å². The predicted molar refractivity (Wildman–Crippen MR) is 85.0 cm³/mol. The molecule has 0 bridgehead atoms. The number of carbonyl (C=O) groups is 1. The van der Waals surface area contributed by atoms with E-state index in [1.807, 2.05) is 0 Å². The summed E-state index contributed by atoms with van der Waals surface area (Å²) in [5, 5.41) is 0. The minimum Gasteiger partial charge on any atom is -0.345 e. The molecule has 1 aliphatic rings. The quantitative estimate of drug-likeness (QED) is 0.842. The maximum Gasteiger partial charge on any atom is 0.253 e. The summed E-state index contributed by atoms with van der Waals surface area (Å²) in [6.45, 7) is 0.295. The maximum atomic E-state index is 12.5. The molecule has 2 rings (SSSR count). The highest BCUT2D eigenvalue weighted by Gasteiger charge is 2.36. The van der Waals surface area contributed by atoms with Crippen LogP contribution in [-0.4, -0.2) is 45.4 Å². The molecule has 0 atom stereocenters. The first-order chi connectivity index (χ1) is 10.3. The summed E-state index contributed by atoms with van der Waals surface area (Å²) in [5.74, 6) is -0.161. The smallest absolute Gasteiger partial charge is 0.253 e. The largest absolute Gasteiger partial charge is 0.345 e. The van der Waals surface area contributed by atoms with Crippen molar-refractivity contribution in [1.29, 1.82) is 0 Å². The van der Waals surface area contributed by atoms with Crippen LogP contribution in [0.15, 0.2) is 29.2 Å². The topological polar surface area (TPSA) is 92.5 Å². The van der Waals surface area contributed by atoms with E-state index in [4.69, 9.17) is 5.73 Å². The van der Waals surface area contributed by atoms with Crippen LogP contribution in [0.25, 0.3) is 0 Å². The van der Waals surface area contributed by atoms with Crippen LogP contribution >= 0.6 is 0 Å². The van der Waals surface area contributed by atoms with Crippen LogP contribution in [-0.2, 0) is 10.0 Å². The van der Waals surface area contributed by atoms with Gasteiger partial charge in [0.2, 0.25) is 10.0 Å². The molecule has 1 aromatic rings. The molecule has 0 aromatic heterocycles. The Labute approximate surface area is 131 Å².